The number of nitrogens with one attached hydrogen (secondary N) is 2. The average Bonchev–Trinajstić information content (AvgIpc) is 3.04. The van der Waals surface area contributed by atoms with Gasteiger partial charge in [0.1, 0.15) is 0 Å². The quantitative estimate of drug-likeness (QED) is 0.661. The van der Waals surface area contributed by atoms with Crippen LogP contribution in [0.25, 0.3) is 10.9 Å². The molecule has 0 unspecified atom stereocenters. The van der Waals surface area contributed by atoms with Crippen molar-refractivity contribution in [2.75, 3.05) is 6.54 Å². The maximum absolute atomic E-state index is 3.49. The third-order valence-corrected chi connectivity index (χ3v) is 4.00. The van der Waals surface area contributed by atoms with E-state index in [4.69, 9.17) is 0 Å². The predicted molar refractivity (Wildman–Crippen MR) is 78.0 cm³/mol. The third kappa shape index (κ3) is 3.38. The number of para-hydroxylation sites is 1. The Morgan fingerprint density at radius 1 is 1.11 bits per heavy atom. The molecule has 0 saturated heterocycles. The highest BCUT2D eigenvalue weighted by Gasteiger charge is 2.02. The molecule has 0 atom stereocenters. The topological polar surface area (TPSA) is 27.8 Å². The predicted octanol–water partition coefficient (Wildman–Crippen LogP) is 0.566. The Morgan fingerprint density at radius 3 is 2.84 bits per heavy atom. The maximum atomic E-state index is 3.49. The molecule has 0 radical (unpaired) electrons. The maximum Gasteiger partial charge on any atom is 0.0456 e. The van der Waals surface area contributed by atoms with Crippen molar-refractivity contribution in [3.63, 3.8) is 0 Å². The van der Waals surface area contributed by atoms with Crippen molar-refractivity contribution in [1.29, 1.82) is 0 Å². The minimum atomic E-state index is 0. The highest BCUT2D eigenvalue weighted by atomic mass is 35.5. The normalized spacial score (nSPS) is 10.5. The molecule has 2 nitrogen and oxygen atoms in total. The zero-order valence-corrected chi connectivity index (χ0v) is 12.1. The molecule has 0 fully saturated rings. The van der Waals surface area contributed by atoms with Crippen LogP contribution in [0.2, 0.25) is 0 Å². The summed E-state index contributed by atoms with van der Waals surface area (Å²) in [6.45, 7) is 1.99. The first kappa shape index (κ1) is 14.1. The number of fused-ring (bicyclic) bond motifs is 1. The molecule has 1 aromatic carbocycles. The zero-order valence-electron chi connectivity index (χ0n) is 10.5. The van der Waals surface area contributed by atoms with Crippen molar-refractivity contribution in [2.24, 2.45) is 0 Å². The number of halogens is 1. The van der Waals surface area contributed by atoms with E-state index in [1.54, 1.807) is 11.3 Å². The molecule has 2 N–H and O–H groups in total. The molecule has 3 aromatic rings. The van der Waals surface area contributed by atoms with Crippen LogP contribution in [-0.4, -0.2) is 11.5 Å². The highest BCUT2D eigenvalue weighted by Crippen LogP contribution is 2.17. The number of thiophene rings is 1. The fourth-order valence-corrected chi connectivity index (χ4v) is 2.86. The summed E-state index contributed by atoms with van der Waals surface area (Å²) < 4.78 is 0. The van der Waals surface area contributed by atoms with Gasteiger partial charge in [0.05, 0.1) is 0 Å². The molecule has 0 bridgehead atoms. The van der Waals surface area contributed by atoms with Gasteiger partial charge in [0, 0.05) is 28.5 Å². The lowest BCUT2D eigenvalue weighted by atomic mass is 10.1. The molecular weight excluding hydrogens is 276 g/mol. The molecule has 2 aromatic heterocycles. The van der Waals surface area contributed by atoms with E-state index in [1.807, 2.05) is 0 Å². The Hall–Kier alpha value is -1.29. The summed E-state index contributed by atoms with van der Waals surface area (Å²) in [7, 11) is 0. The Balaban J connectivity index is 0.00000133. The molecule has 0 saturated carbocycles. The van der Waals surface area contributed by atoms with Crippen molar-refractivity contribution in [3.8, 4) is 0 Å². The van der Waals surface area contributed by atoms with Gasteiger partial charge < -0.3 is 22.7 Å². The van der Waals surface area contributed by atoms with E-state index in [-0.39, 0.29) is 12.4 Å². The Labute approximate surface area is 123 Å². The summed E-state index contributed by atoms with van der Waals surface area (Å²) in [5.41, 5.74) is 2.62. The summed E-state index contributed by atoms with van der Waals surface area (Å²) in [6, 6.07) is 12.7. The molecule has 0 aliphatic carbocycles. The lowest BCUT2D eigenvalue weighted by molar-refractivity contribution is -0.00000357. The number of hydrogen-bond acceptors (Lipinski definition) is 2. The lowest BCUT2D eigenvalue weighted by Crippen LogP contribution is -3.00. The van der Waals surface area contributed by atoms with Gasteiger partial charge in [0.25, 0.3) is 0 Å². The number of H-pyrrole nitrogens is 1. The van der Waals surface area contributed by atoms with Crippen LogP contribution in [-0.2, 0) is 13.0 Å². The van der Waals surface area contributed by atoms with Crippen LogP contribution < -0.4 is 17.7 Å². The Morgan fingerprint density at radius 2 is 2.00 bits per heavy atom. The van der Waals surface area contributed by atoms with Crippen LogP contribution >= 0.6 is 11.3 Å². The molecule has 100 valence electrons. The van der Waals surface area contributed by atoms with Crippen LogP contribution in [0.15, 0.2) is 48.0 Å². The van der Waals surface area contributed by atoms with Crippen molar-refractivity contribution in [3.05, 3.63) is 58.4 Å². The second-order valence-corrected chi connectivity index (χ2v) is 5.40. The molecule has 0 spiro atoms. The Kier molecular flexibility index (Phi) is 5.02. The number of benzene rings is 1. The number of rotatable bonds is 5. The first-order valence-corrected chi connectivity index (χ1v) is 7.09. The standard InChI is InChI=1S/C15H16N2S.ClH/c1-2-6-15-14(5-1)12(10-17-15)7-8-16-11-13-4-3-9-18-13;/h1-6,9-10,16-17H,7-8,11H2;1H/p-1. The zero-order chi connectivity index (χ0) is 12.2. The van der Waals surface area contributed by atoms with Crippen LogP contribution in [0.1, 0.15) is 10.4 Å². The van der Waals surface area contributed by atoms with Gasteiger partial charge in [0.2, 0.25) is 0 Å². The lowest BCUT2D eigenvalue weighted by Gasteiger charge is -2.02. The van der Waals surface area contributed by atoms with Crippen molar-refractivity contribution in [1.82, 2.24) is 10.3 Å². The number of aromatic amines is 1. The van der Waals surface area contributed by atoms with Gasteiger partial charge in [-0.05, 0) is 36.0 Å². The molecule has 2 heterocycles. The van der Waals surface area contributed by atoms with Gasteiger partial charge in [-0.3, -0.25) is 0 Å². The fourth-order valence-electron chi connectivity index (χ4n) is 2.19. The summed E-state index contributed by atoms with van der Waals surface area (Å²) >= 11 is 1.80. The monoisotopic (exact) mass is 291 g/mol. The van der Waals surface area contributed by atoms with Crippen molar-refractivity contribution in [2.45, 2.75) is 13.0 Å². The first-order chi connectivity index (χ1) is 8.93. The van der Waals surface area contributed by atoms with Gasteiger partial charge in [-0.2, -0.15) is 0 Å². The SMILES string of the molecule is [Cl-].c1csc(CNCCc2c[nH]c3ccccc23)c1. The van der Waals surface area contributed by atoms with E-state index in [0.717, 1.165) is 19.5 Å². The second kappa shape index (κ2) is 6.75. The van der Waals surface area contributed by atoms with Crippen LogP contribution in [0.3, 0.4) is 0 Å². The number of aromatic nitrogens is 1. The van der Waals surface area contributed by atoms with Crippen molar-refractivity contribution < 1.29 is 12.4 Å². The van der Waals surface area contributed by atoms with E-state index in [2.05, 4.69) is 58.3 Å². The van der Waals surface area contributed by atoms with Gasteiger partial charge >= 0.3 is 0 Å². The largest absolute Gasteiger partial charge is 1.00 e. The highest BCUT2D eigenvalue weighted by molar-refractivity contribution is 7.09. The van der Waals surface area contributed by atoms with Gasteiger partial charge in [0.15, 0.2) is 0 Å². The summed E-state index contributed by atoms with van der Waals surface area (Å²) in [5, 5.41) is 6.95. The molecule has 19 heavy (non-hydrogen) atoms. The van der Waals surface area contributed by atoms with Crippen molar-refractivity contribution >= 4 is 22.2 Å². The van der Waals surface area contributed by atoms with E-state index >= 15 is 0 Å². The summed E-state index contributed by atoms with van der Waals surface area (Å²) in [5.74, 6) is 0. The van der Waals surface area contributed by atoms with E-state index in [9.17, 15) is 0 Å². The molecular formula is C15H16ClN2S-. The molecule has 4 heteroatoms. The van der Waals surface area contributed by atoms with Gasteiger partial charge in [-0.15, -0.1) is 11.3 Å². The van der Waals surface area contributed by atoms with E-state index < -0.39 is 0 Å². The minimum Gasteiger partial charge on any atom is -1.00 e. The Bertz CT molecular complexity index is 616. The summed E-state index contributed by atoms with van der Waals surface area (Å²) in [6.07, 6.45) is 3.19. The van der Waals surface area contributed by atoms with E-state index in [0.29, 0.717) is 0 Å². The van der Waals surface area contributed by atoms with Gasteiger partial charge in [-0.1, -0.05) is 24.3 Å². The molecule has 3 rings (SSSR count). The fraction of sp³-hybridized carbons (Fsp3) is 0.200. The second-order valence-electron chi connectivity index (χ2n) is 4.37. The van der Waals surface area contributed by atoms with E-state index in [1.165, 1.54) is 21.3 Å². The molecule has 0 aliphatic heterocycles. The first-order valence-electron chi connectivity index (χ1n) is 6.21. The minimum absolute atomic E-state index is 0. The van der Waals surface area contributed by atoms with Crippen LogP contribution in [0, 0.1) is 0 Å². The van der Waals surface area contributed by atoms with Crippen LogP contribution in [0.5, 0.6) is 0 Å². The number of hydrogen-bond donors (Lipinski definition) is 2. The molecule has 0 amide bonds. The van der Waals surface area contributed by atoms with Gasteiger partial charge in [-0.25, -0.2) is 0 Å². The smallest absolute Gasteiger partial charge is 0.0456 e. The summed E-state index contributed by atoms with van der Waals surface area (Å²) in [4.78, 5) is 4.71. The van der Waals surface area contributed by atoms with Crippen LogP contribution in [0.4, 0.5) is 0 Å². The molecule has 0 aliphatic rings. The average molecular weight is 292 g/mol. The third-order valence-electron chi connectivity index (χ3n) is 3.13.